The summed E-state index contributed by atoms with van der Waals surface area (Å²) >= 11 is 3.34. The molecular formula is C7H13BrO. The first-order chi connectivity index (χ1) is 4.35. The summed E-state index contributed by atoms with van der Waals surface area (Å²) in [5, 5.41) is 0.880. The highest BCUT2D eigenvalue weighted by atomic mass is 79.9. The highest BCUT2D eigenvalue weighted by molar-refractivity contribution is 9.09. The Labute approximate surface area is 65.2 Å². The Morgan fingerprint density at radius 3 is 2.67 bits per heavy atom. The molecule has 0 amide bonds. The molecule has 0 aromatic heterocycles. The van der Waals surface area contributed by atoms with Crippen LogP contribution in [0, 0.1) is 0 Å². The van der Waals surface area contributed by atoms with E-state index in [9.17, 15) is 0 Å². The average Bonchev–Trinajstić information content (AvgIpc) is 1.88. The number of halogens is 1. The molecule has 2 heteroatoms. The molecule has 1 atom stereocenters. The van der Waals surface area contributed by atoms with E-state index in [0.717, 1.165) is 11.9 Å². The third kappa shape index (κ3) is 4.67. The van der Waals surface area contributed by atoms with Crippen molar-refractivity contribution in [2.75, 3.05) is 11.9 Å². The summed E-state index contributed by atoms with van der Waals surface area (Å²) in [6.45, 7) is 4.77. The largest absolute Gasteiger partial charge is 0.374 e. The molecule has 0 heterocycles. The lowest BCUT2D eigenvalue weighted by Gasteiger charge is -2.07. The van der Waals surface area contributed by atoms with Gasteiger partial charge in [0, 0.05) is 11.9 Å². The minimum Gasteiger partial charge on any atom is -0.374 e. The Hall–Kier alpha value is 0.180. The van der Waals surface area contributed by atoms with Gasteiger partial charge in [-0.3, -0.25) is 0 Å². The second kappa shape index (κ2) is 6.30. The van der Waals surface area contributed by atoms with Gasteiger partial charge >= 0.3 is 0 Å². The van der Waals surface area contributed by atoms with E-state index in [1.807, 2.05) is 26.0 Å². The molecule has 0 spiro atoms. The van der Waals surface area contributed by atoms with E-state index in [0.29, 0.717) is 0 Å². The van der Waals surface area contributed by atoms with Crippen LogP contribution in [-0.2, 0) is 4.74 Å². The van der Waals surface area contributed by atoms with Crippen LogP contribution in [0.15, 0.2) is 12.2 Å². The summed E-state index contributed by atoms with van der Waals surface area (Å²) in [4.78, 5) is 0. The standard InChI is InChI=1S/C7H13BrO/c1-3-5-7(6-8)9-4-2/h3,5,7H,4,6H2,1-2H3/b5-3+. The average molecular weight is 193 g/mol. The second-order valence-corrected chi connectivity index (χ2v) is 2.32. The molecule has 9 heavy (non-hydrogen) atoms. The third-order valence-electron chi connectivity index (χ3n) is 0.940. The highest BCUT2D eigenvalue weighted by Gasteiger charge is 1.97. The van der Waals surface area contributed by atoms with Gasteiger partial charge in [-0.1, -0.05) is 28.1 Å². The van der Waals surface area contributed by atoms with Crippen molar-refractivity contribution in [3.05, 3.63) is 12.2 Å². The summed E-state index contributed by atoms with van der Waals surface area (Å²) < 4.78 is 5.30. The molecule has 0 rings (SSSR count). The maximum absolute atomic E-state index is 5.30. The lowest BCUT2D eigenvalue weighted by atomic mass is 10.4. The van der Waals surface area contributed by atoms with Gasteiger partial charge in [-0.25, -0.2) is 0 Å². The zero-order valence-corrected chi connectivity index (χ0v) is 7.52. The van der Waals surface area contributed by atoms with Gasteiger partial charge in [0.25, 0.3) is 0 Å². The molecule has 0 aromatic rings. The zero-order valence-electron chi connectivity index (χ0n) is 5.93. The van der Waals surface area contributed by atoms with Crippen LogP contribution in [-0.4, -0.2) is 18.0 Å². The molecule has 0 N–H and O–H groups in total. The molecule has 0 aliphatic carbocycles. The Morgan fingerprint density at radius 1 is 1.67 bits per heavy atom. The van der Waals surface area contributed by atoms with Crippen molar-refractivity contribution in [1.82, 2.24) is 0 Å². The number of hydrogen-bond acceptors (Lipinski definition) is 1. The van der Waals surface area contributed by atoms with Crippen LogP contribution in [0.25, 0.3) is 0 Å². The van der Waals surface area contributed by atoms with Crippen LogP contribution in [0.4, 0.5) is 0 Å². The lowest BCUT2D eigenvalue weighted by Crippen LogP contribution is -2.10. The molecule has 1 nitrogen and oxygen atoms in total. The monoisotopic (exact) mass is 192 g/mol. The summed E-state index contributed by atoms with van der Waals surface area (Å²) in [5.41, 5.74) is 0. The molecule has 0 fully saturated rings. The first-order valence-corrected chi connectivity index (χ1v) is 4.27. The quantitative estimate of drug-likeness (QED) is 0.492. The van der Waals surface area contributed by atoms with Crippen LogP contribution in [0.5, 0.6) is 0 Å². The zero-order chi connectivity index (χ0) is 7.11. The molecule has 1 unspecified atom stereocenters. The van der Waals surface area contributed by atoms with Crippen LogP contribution in [0.2, 0.25) is 0 Å². The Morgan fingerprint density at radius 2 is 2.33 bits per heavy atom. The predicted octanol–water partition coefficient (Wildman–Crippen LogP) is 2.36. The van der Waals surface area contributed by atoms with Crippen molar-refractivity contribution in [2.45, 2.75) is 20.0 Å². The molecule has 0 saturated carbocycles. The van der Waals surface area contributed by atoms with Crippen molar-refractivity contribution >= 4 is 15.9 Å². The van der Waals surface area contributed by atoms with Gasteiger partial charge in [-0.2, -0.15) is 0 Å². The van der Waals surface area contributed by atoms with Gasteiger partial charge in [-0.15, -0.1) is 0 Å². The minimum atomic E-state index is 0.250. The molecule has 0 aromatic carbocycles. The first kappa shape index (κ1) is 9.18. The Balaban J connectivity index is 3.41. The van der Waals surface area contributed by atoms with E-state index < -0.39 is 0 Å². The smallest absolute Gasteiger partial charge is 0.0852 e. The number of allylic oxidation sites excluding steroid dienone is 1. The van der Waals surface area contributed by atoms with E-state index in [1.165, 1.54) is 0 Å². The van der Waals surface area contributed by atoms with Gasteiger partial charge in [0.05, 0.1) is 6.10 Å². The molecule has 0 radical (unpaired) electrons. The van der Waals surface area contributed by atoms with Crippen molar-refractivity contribution in [3.63, 3.8) is 0 Å². The fourth-order valence-corrected chi connectivity index (χ4v) is 0.983. The van der Waals surface area contributed by atoms with Crippen molar-refractivity contribution in [1.29, 1.82) is 0 Å². The number of rotatable bonds is 4. The molecule has 54 valence electrons. The van der Waals surface area contributed by atoms with Gasteiger partial charge in [0.2, 0.25) is 0 Å². The summed E-state index contributed by atoms with van der Waals surface area (Å²) in [6, 6.07) is 0. The topological polar surface area (TPSA) is 9.23 Å². The molecule has 0 saturated heterocycles. The normalized spacial score (nSPS) is 14.6. The fourth-order valence-electron chi connectivity index (χ4n) is 0.580. The van der Waals surface area contributed by atoms with Crippen LogP contribution in [0.1, 0.15) is 13.8 Å². The molecule has 0 aliphatic heterocycles. The van der Waals surface area contributed by atoms with Gasteiger partial charge in [-0.05, 0) is 13.8 Å². The van der Waals surface area contributed by atoms with E-state index in [1.54, 1.807) is 0 Å². The van der Waals surface area contributed by atoms with Gasteiger partial charge in [0.1, 0.15) is 0 Å². The van der Waals surface area contributed by atoms with Crippen molar-refractivity contribution in [2.24, 2.45) is 0 Å². The maximum Gasteiger partial charge on any atom is 0.0852 e. The van der Waals surface area contributed by atoms with E-state index in [-0.39, 0.29) is 6.10 Å². The van der Waals surface area contributed by atoms with E-state index in [2.05, 4.69) is 15.9 Å². The predicted molar refractivity (Wildman–Crippen MR) is 44.0 cm³/mol. The van der Waals surface area contributed by atoms with Crippen molar-refractivity contribution < 1.29 is 4.74 Å². The SMILES string of the molecule is C/C=C/C(CBr)OCC. The van der Waals surface area contributed by atoms with Crippen LogP contribution < -0.4 is 0 Å². The maximum atomic E-state index is 5.30. The molecule has 0 bridgehead atoms. The first-order valence-electron chi connectivity index (χ1n) is 3.15. The Bertz CT molecular complexity index is 81.0. The van der Waals surface area contributed by atoms with E-state index in [4.69, 9.17) is 4.74 Å². The molecular weight excluding hydrogens is 180 g/mol. The fraction of sp³-hybridized carbons (Fsp3) is 0.714. The second-order valence-electron chi connectivity index (χ2n) is 1.67. The Kier molecular flexibility index (Phi) is 6.43. The number of ether oxygens (including phenoxy) is 1. The van der Waals surface area contributed by atoms with E-state index >= 15 is 0 Å². The summed E-state index contributed by atoms with van der Waals surface area (Å²) in [7, 11) is 0. The lowest BCUT2D eigenvalue weighted by molar-refractivity contribution is 0.113. The van der Waals surface area contributed by atoms with Crippen LogP contribution >= 0.6 is 15.9 Å². The third-order valence-corrected chi connectivity index (χ3v) is 1.58. The molecule has 0 aliphatic rings. The van der Waals surface area contributed by atoms with Crippen molar-refractivity contribution in [3.8, 4) is 0 Å². The number of hydrogen-bond donors (Lipinski definition) is 0. The number of alkyl halides is 1. The van der Waals surface area contributed by atoms with Gasteiger partial charge < -0.3 is 4.74 Å². The van der Waals surface area contributed by atoms with Gasteiger partial charge in [0.15, 0.2) is 0 Å². The summed E-state index contributed by atoms with van der Waals surface area (Å²) in [6.07, 6.45) is 4.29. The van der Waals surface area contributed by atoms with Crippen LogP contribution in [0.3, 0.4) is 0 Å². The summed E-state index contributed by atoms with van der Waals surface area (Å²) in [5.74, 6) is 0. The minimum absolute atomic E-state index is 0.250. The highest BCUT2D eigenvalue weighted by Crippen LogP contribution is 1.98.